The lowest BCUT2D eigenvalue weighted by Gasteiger charge is -2.59. The van der Waals surface area contributed by atoms with E-state index in [1.807, 2.05) is 13.8 Å². The van der Waals surface area contributed by atoms with E-state index in [-0.39, 0.29) is 47.1 Å². The maximum absolute atomic E-state index is 13.3. The topological polar surface area (TPSA) is 109 Å². The van der Waals surface area contributed by atoms with Gasteiger partial charge in [0.05, 0.1) is 17.6 Å². The van der Waals surface area contributed by atoms with Gasteiger partial charge in [-0.1, -0.05) is 12.5 Å². The van der Waals surface area contributed by atoms with Crippen LogP contribution in [-0.2, 0) is 23.8 Å². The van der Waals surface area contributed by atoms with Crippen LogP contribution in [0.15, 0.2) is 23.3 Å². The third kappa shape index (κ3) is 2.22. The molecular weight excluding hydrogens is 448 g/mol. The van der Waals surface area contributed by atoms with Crippen molar-refractivity contribution in [3.8, 4) is 0 Å². The minimum Gasteiger partial charge on any atom is -0.455 e. The lowest BCUT2D eigenvalue weighted by Crippen LogP contribution is -2.66. The summed E-state index contributed by atoms with van der Waals surface area (Å²) in [5, 5.41) is 22.9. The van der Waals surface area contributed by atoms with Crippen molar-refractivity contribution >= 4 is 11.8 Å². The number of ether oxygens (including phenoxy) is 3. The van der Waals surface area contributed by atoms with E-state index in [1.54, 1.807) is 26.0 Å². The molecule has 35 heavy (non-hydrogen) atoms. The summed E-state index contributed by atoms with van der Waals surface area (Å²) in [4.78, 5) is 25.9. The molecule has 3 aliphatic heterocycles. The molecule has 7 rings (SSSR count). The summed E-state index contributed by atoms with van der Waals surface area (Å²) in [5.41, 5.74) is -2.36. The van der Waals surface area contributed by atoms with Crippen molar-refractivity contribution in [2.75, 3.05) is 0 Å². The molecule has 2 saturated heterocycles. The summed E-state index contributed by atoms with van der Waals surface area (Å²) >= 11 is 0. The molecule has 12 atom stereocenters. The van der Waals surface area contributed by atoms with Crippen LogP contribution in [0.3, 0.4) is 0 Å². The van der Waals surface area contributed by atoms with Crippen LogP contribution in [0.2, 0.25) is 0 Å². The molecule has 5 fully saturated rings. The highest BCUT2D eigenvalue weighted by molar-refractivity contribution is 5.98. The van der Waals surface area contributed by atoms with Gasteiger partial charge in [-0.25, -0.2) is 4.79 Å². The lowest BCUT2D eigenvalue weighted by atomic mass is 9.44. The predicted molar refractivity (Wildman–Crippen MR) is 124 cm³/mol. The van der Waals surface area contributed by atoms with Gasteiger partial charge in [-0.05, 0) is 83.3 Å². The van der Waals surface area contributed by atoms with E-state index in [0.717, 1.165) is 31.3 Å². The summed E-state index contributed by atoms with van der Waals surface area (Å²) in [6.45, 7) is 9.75. The molecule has 7 aliphatic rings. The predicted octanol–water partition coefficient (Wildman–Crippen LogP) is 2.63. The van der Waals surface area contributed by atoms with Crippen LogP contribution in [-0.4, -0.2) is 63.2 Å². The maximum atomic E-state index is 13.3. The zero-order valence-electron chi connectivity index (χ0n) is 21.2. The van der Waals surface area contributed by atoms with Gasteiger partial charge in [0.25, 0.3) is 0 Å². The SMILES string of the molecule is CC1=C(C)C(=O)O[C@@H]([C@](C)(O)[C@@]23O[C@@H]2C[C@@H]2[C@@H]4C[C@H]5O[C@]56[C@@H](O)C=CC(=O)[C@]6(C)[C@H]4CC[C@@]23C)C1. The fourth-order valence-corrected chi connectivity index (χ4v) is 9.98. The standard InChI is InChI=1S/C28H36O7/c1-13-10-20(33-23(31)14(13)2)26(5,32)28-22(35-28)12-17-15-11-21-27(34-21)19(30)7-6-18(29)25(27,4)16(15)8-9-24(17,28)3/h6-7,15-17,19-22,30,32H,8-12H2,1-5H3/t15-,16+,17-,19+,20-,21-,22-,24+,25+,26+,27-,28-/m1/s1. The first kappa shape index (κ1) is 22.6. The normalized spacial score (nSPS) is 57.3. The van der Waals surface area contributed by atoms with E-state index in [9.17, 15) is 19.8 Å². The molecule has 3 saturated carbocycles. The highest BCUT2D eigenvalue weighted by Crippen LogP contribution is 2.78. The van der Waals surface area contributed by atoms with Gasteiger partial charge in [-0.2, -0.15) is 0 Å². The summed E-state index contributed by atoms with van der Waals surface area (Å²) in [6.07, 6.45) is 5.32. The zero-order chi connectivity index (χ0) is 24.9. The molecule has 0 bridgehead atoms. The summed E-state index contributed by atoms with van der Waals surface area (Å²) in [7, 11) is 0. The van der Waals surface area contributed by atoms with Gasteiger partial charge in [0, 0.05) is 17.4 Å². The summed E-state index contributed by atoms with van der Waals surface area (Å²) < 4.78 is 18.4. The van der Waals surface area contributed by atoms with Crippen molar-refractivity contribution in [1.29, 1.82) is 0 Å². The molecule has 3 heterocycles. The first-order chi connectivity index (χ1) is 16.4. The first-order valence-corrected chi connectivity index (χ1v) is 13.2. The Bertz CT molecular complexity index is 1120. The van der Waals surface area contributed by atoms with Crippen molar-refractivity contribution < 1.29 is 34.0 Å². The van der Waals surface area contributed by atoms with Crippen LogP contribution in [0.1, 0.15) is 66.7 Å². The van der Waals surface area contributed by atoms with E-state index in [1.165, 1.54) is 0 Å². The molecule has 0 radical (unpaired) electrons. The van der Waals surface area contributed by atoms with E-state index >= 15 is 0 Å². The van der Waals surface area contributed by atoms with Gasteiger partial charge in [-0.15, -0.1) is 0 Å². The van der Waals surface area contributed by atoms with Gasteiger partial charge in [0.2, 0.25) is 0 Å². The van der Waals surface area contributed by atoms with Crippen molar-refractivity contribution in [2.24, 2.45) is 28.6 Å². The quantitative estimate of drug-likeness (QED) is 0.458. The van der Waals surface area contributed by atoms with Gasteiger partial charge in [0.15, 0.2) is 5.78 Å². The second kappa shape index (κ2) is 6.29. The number of hydrogen-bond acceptors (Lipinski definition) is 7. The highest BCUT2D eigenvalue weighted by Gasteiger charge is 2.87. The Hall–Kier alpha value is -1.54. The third-order valence-electron chi connectivity index (χ3n) is 12.1. The molecule has 2 N–H and O–H groups in total. The Morgan fingerprint density at radius 2 is 1.83 bits per heavy atom. The average Bonchev–Trinajstić information content (AvgIpc) is 3.69. The van der Waals surface area contributed by atoms with Crippen LogP contribution in [0, 0.1) is 28.6 Å². The molecule has 0 amide bonds. The molecule has 0 aromatic carbocycles. The number of carbonyl (C=O) groups is 2. The Morgan fingerprint density at radius 1 is 1.09 bits per heavy atom. The Kier molecular flexibility index (Phi) is 4.07. The van der Waals surface area contributed by atoms with Crippen molar-refractivity contribution in [3.63, 3.8) is 0 Å². The van der Waals surface area contributed by atoms with Gasteiger partial charge >= 0.3 is 5.97 Å². The summed E-state index contributed by atoms with van der Waals surface area (Å²) in [5.74, 6) is 0.339. The van der Waals surface area contributed by atoms with Crippen LogP contribution < -0.4 is 0 Å². The number of aliphatic hydroxyl groups excluding tert-OH is 1. The third-order valence-corrected chi connectivity index (χ3v) is 12.1. The average molecular weight is 485 g/mol. The molecule has 0 unspecified atom stereocenters. The Morgan fingerprint density at radius 3 is 2.54 bits per heavy atom. The van der Waals surface area contributed by atoms with E-state index in [0.29, 0.717) is 12.0 Å². The number of rotatable bonds is 2. The lowest BCUT2D eigenvalue weighted by molar-refractivity contribution is -0.199. The molecule has 190 valence electrons. The smallest absolute Gasteiger partial charge is 0.334 e. The second-order valence-corrected chi connectivity index (χ2v) is 13.1. The monoisotopic (exact) mass is 484 g/mol. The van der Waals surface area contributed by atoms with Gasteiger partial charge < -0.3 is 24.4 Å². The number of esters is 1. The second-order valence-electron chi connectivity index (χ2n) is 13.1. The fraction of sp³-hybridized carbons (Fsp3) is 0.786. The Balaban J connectivity index is 1.24. The number of carbonyl (C=O) groups excluding carboxylic acids is 2. The minimum atomic E-state index is -1.33. The van der Waals surface area contributed by atoms with E-state index in [4.69, 9.17) is 14.2 Å². The zero-order valence-corrected chi connectivity index (χ0v) is 21.2. The molecule has 7 heteroatoms. The highest BCUT2D eigenvalue weighted by atomic mass is 16.6. The summed E-state index contributed by atoms with van der Waals surface area (Å²) in [6, 6.07) is 0. The molecule has 4 aliphatic carbocycles. The number of allylic oxidation sites excluding steroid dienone is 1. The number of cyclic esters (lactones) is 1. The fourth-order valence-electron chi connectivity index (χ4n) is 9.98. The van der Waals surface area contributed by atoms with Crippen LogP contribution in [0.25, 0.3) is 0 Å². The van der Waals surface area contributed by atoms with Crippen molar-refractivity contribution in [3.05, 3.63) is 23.3 Å². The molecular formula is C28H36O7. The van der Waals surface area contributed by atoms with Crippen LogP contribution in [0.4, 0.5) is 0 Å². The number of aliphatic hydroxyl groups is 2. The number of fused-ring (bicyclic) bond motifs is 6. The van der Waals surface area contributed by atoms with Crippen molar-refractivity contribution in [1.82, 2.24) is 0 Å². The van der Waals surface area contributed by atoms with Crippen molar-refractivity contribution in [2.45, 2.75) is 108 Å². The number of ketones is 1. The maximum Gasteiger partial charge on any atom is 0.334 e. The first-order valence-electron chi connectivity index (χ1n) is 13.2. The molecule has 0 aromatic heterocycles. The van der Waals surface area contributed by atoms with Gasteiger partial charge in [-0.3, -0.25) is 4.79 Å². The number of epoxide rings is 2. The molecule has 1 spiro atoms. The largest absolute Gasteiger partial charge is 0.455 e. The van der Waals surface area contributed by atoms with Crippen LogP contribution >= 0.6 is 0 Å². The molecule has 7 nitrogen and oxygen atoms in total. The van der Waals surface area contributed by atoms with Crippen LogP contribution in [0.5, 0.6) is 0 Å². The van der Waals surface area contributed by atoms with Gasteiger partial charge in [0.1, 0.15) is 29.0 Å². The molecule has 0 aromatic rings. The Labute approximate surface area is 205 Å². The number of hydrogen-bond donors (Lipinski definition) is 2. The minimum absolute atomic E-state index is 0.0662. The van der Waals surface area contributed by atoms with E-state index < -0.39 is 34.4 Å². The van der Waals surface area contributed by atoms with E-state index in [2.05, 4.69) is 6.92 Å².